The molecule has 35 heavy (non-hydrogen) atoms. The number of carbonyl (C=O) groups excluding carboxylic acids is 2. The molecule has 1 aromatic heterocycles. The van der Waals surface area contributed by atoms with E-state index in [1.807, 2.05) is 0 Å². The van der Waals surface area contributed by atoms with Crippen molar-refractivity contribution in [2.75, 3.05) is 6.61 Å². The van der Waals surface area contributed by atoms with Gasteiger partial charge in [0.15, 0.2) is 0 Å². The number of ether oxygens (including phenoxy) is 1. The molecule has 4 rings (SSSR count). The summed E-state index contributed by atoms with van der Waals surface area (Å²) in [5.41, 5.74) is 0.844. The monoisotopic (exact) mass is 474 g/mol. The van der Waals surface area contributed by atoms with Crippen molar-refractivity contribution in [2.24, 2.45) is 0 Å². The molecule has 0 saturated carbocycles. The van der Waals surface area contributed by atoms with Crippen LogP contribution in [0.15, 0.2) is 78.5 Å². The number of halogens is 1. The van der Waals surface area contributed by atoms with Crippen LogP contribution in [0.25, 0.3) is 5.76 Å². The molecule has 0 aliphatic carbocycles. The van der Waals surface area contributed by atoms with Crippen molar-refractivity contribution >= 4 is 17.4 Å². The standard InChI is InChI=1S/C28H27FN2O4/c1-2-3-8-17-35-21-14-12-19(13-15-21)26(32)24-25(22-10-4-5-11-23(22)29)31(28(34)27(24)33)18-20-9-6-7-16-30-20/h4-7,9-16,25,32H,2-3,8,17-18H2,1H3/b26-24-. The van der Waals surface area contributed by atoms with Crippen LogP contribution in [-0.4, -0.2) is 33.3 Å². The van der Waals surface area contributed by atoms with E-state index >= 15 is 0 Å². The first kappa shape index (κ1) is 24.1. The van der Waals surface area contributed by atoms with E-state index in [4.69, 9.17) is 4.74 Å². The highest BCUT2D eigenvalue weighted by molar-refractivity contribution is 6.46. The van der Waals surface area contributed by atoms with Gasteiger partial charge >= 0.3 is 0 Å². The number of pyridine rings is 1. The van der Waals surface area contributed by atoms with Crippen molar-refractivity contribution in [1.82, 2.24) is 9.88 Å². The molecule has 2 aromatic carbocycles. The summed E-state index contributed by atoms with van der Waals surface area (Å²) in [6, 6.07) is 16.7. The van der Waals surface area contributed by atoms with Gasteiger partial charge in [-0.05, 0) is 48.9 Å². The summed E-state index contributed by atoms with van der Waals surface area (Å²) >= 11 is 0. The predicted octanol–water partition coefficient (Wildman–Crippen LogP) is 5.41. The van der Waals surface area contributed by atoms with Crippen LogP contribution in [0.1, 0.15) is 49.0 Å². The fourth-order valence-corrected chi connectivity index (χ4v) is 4.14. The van der Waals surface area contributed by atoms with Crippen molar-refractivity contribution in [3.05, 3.63) is 101 Å². The number of nitrogens with zero attached hydrogens (tertiary/aromatic N) is 2. The molecule has 1 atom stereocenters. The van der Waals surface area contributed by atoms with Gasteiger partial charge in [0, 0.05) is 17.3 Å². The Kier molecular flexibility index (Phi) is 7.55. The van der Waals surface area contributed by atoms with Crippen molar-refractivity contribution in [2.45, 2.75) is 38.8 Å². The Hall–Kier alpha value is -4.00. The maximum absolute atomic E-state index is 14.9. The highest BCUT2D eigenvalue weighted by atomic mass is 19.1. The number of hydrogen-bond donors (Lipinski definition) is 1. The van der Waals surface area contributed by atoms with Gasteiger partial charge in [0.1, 0.15) is 17.3 Å². The topological polar surface area (TPSA) is 79.7 Å². The van der Waals surface area contributed by atoms with Gasteiger partial charge in [-0.3, -0.25) is 14.6 Å². The van der Waals surface area contributed by atoms with Gasteiger partial charge in [-0.15, -0.1) is 0 Å². The Morgan fingerprint density at radius 3 is 2.46 bits per heavy atom. The number of aliphatic hydroxyl groups is 1. The van der Waals surface area contributed by atoms with E-state index in [0.29, 0.717) is 23.6 Å². The van der Waals surface area contributed by atoms with Crippen LogP contribution in [0, 0.1) is 5.82 Å². The molecule has 0 radical (unpaired) electrons. The molecule has 180 valence electrons. The van der Waals surface area contributed by atoms with E-state index in [1.54, 1.807) is 54.7 Å². The number of benzene rings is 2. The Labute approximate surface area is 203 Å². The van der Waals surface area contributed by atoms with Crippen molar-refractivity contribution < 1.29 is 23.8 Å². The lowest BCUT2D eigenvalue weighted by Crippen LogP contribution is -2.30. The van der Waals surface area contributed by atoms with Crippen molar-refractivity contribution in [3.63, 3.8) is 0 Å². The summed E-state index contributed by atoms with van der Waals surface area (Å²) in [6.45, 7) is 2.70. The fourth-order valence-electron chi connectivity index (χ4n) is 4.14. The second kappa shape index (κ2) is 11.0. The maximum atomic E-state index is 14.9. The number of Topliss-reactive ketones (excluding diaryl/α,β-unsaturated/α-hetero) is 1. The lowest BCUT2D eigenvalue weighted by Gasteiger charge is -2.25. The minimum Gasteiger partial charge on any atom is -0.507 e. The number of rotatable bonds is 9. The number of unbranched alkanes of at least 4 members (excludes halogenated alkanes) is 2. The molecule has 2 heterocycles. The summed E-state index contributed by atoms with van der Waals surface area (Å²) < 4.78 is 20.6. The molecule has 1 saturated heterocycles. The first-order valence-electron chi connectivity index (χ1n) is 11.7. The number of carbonyl (C=O) groups is 2. The Bertz CT molecular complexity index is 1230. The molecular weight excluding hydrogens is 447 g/mol. The average Bonchev–Trinajstić information content (AvgIpc) is 3.12. The molecule has 3 aromatic rings. The smallest absolute Gasteiger partial charge is 0.296 e. The average molecular weight is 475 g/mol. The zero-order valence-corrected chi connectivity index (χ0v) is 19.5. The zero-order chi connectivity index (χ0) is 24.8. The van der Waals surface area contributed by atoms with Crippen LogP contribution in [0.5, 0.6) is 5.75 Å². The van der Waals surface area contributed by atoms with Crippen LogP contribution < -0.4 is 4.74 Å². The molecule has 1 amide bonds. The van der Waals surface area contributed by atoms with Crippen LogP contribution in [0.3, 0.4) is 0 Å². The second-order valence-electron chi connectivity index (χ2n) is 8.35. The van der Waals surface area contributed by atoms with Gasteiger partial charge in [0.25, 0.3) is 11.7 Å². The maximum Gasteiger partial charge on any atom is 0.296 e. The van der Waals surface area contributed by atoms with Crippen LogP contribution in [0.2, 0.25) is 0 Å². The van der Waals surface area contributed by atoms with Gasteiger partial charge < -0.3 is 14.7 Å². The van der Waals surface area contributed by atoms with Gasteiger partial charge in [-0.2, -0.15) is 0 Å². The number of amides is 1. The van der Waals surface area contributed by atoms with Crippen LogP contribution >= 0.6 is 0 Å². The molecule has 0 bridgehead atoms. The van der Waals surface area contributed by atoms with Gasteiger partial charge in [-0.1, -0.05) is 44.0 Å². The van der Waals surface area contributed by atoms with Gasteiger partial charge in [0.05, 0.1) is 30.5 Å². The van der Waals surface area contributed by atoms with Crippen molar-refractivity contribution in [1.29, 1.82) is 0 Å². The van der Waals surface area contributed by atoms with Gasteiger partial charge in [-0.25, -0.2) is 4.39 Å². The minimum atomic E-state index is -1.09. The number of ketones is 1. The molecular formula is C28H27FN2O4. The molecule has 1 unspecified atom stereocenters. The lowest BCUT2D eigenvalue weighted by atomic mass is 9.95. The molecule has 1 fully saturated rings. The highest BCUT2D eigenvalue weighted by Gasteiger charge is 2.47. The zero-order valence-electron chi connectivity index (χ0n) is 19.5. The molecule has 7 heteroatoms. The van der Waals surface area contributed by atoms with E-state index in [9.17, 15) is 19.1 Å². The third-order valence-corrected chi connectivity index (χ3v) is 5.94. The predicted molar refractivity (Wildman–Crippen MR) is 130 cm³/mol. The van der Waals surface area contributed by atoms with E-state index < -0.39 is 23.5 Å². The first-order valence-corrected chi connectivity index (χ1v) is 11.7. The van der Waals surface area contributed by atoms with Gasteiger partial charge in [0.2, 0.25) is 0 Å². The minimum absolute atomic E-state index is 0.00820. The molecule has 0 spiro atoms. The summed E-state index contributed by atoms with van der Waals surface area (Å²) in [6.07, 6.45) is 4.70. The number of aromatic nitrogens is 1. The van der Waals surface area contributed by atoms with Crippen molar-refractivity contribution in [3.8, 4) is 5.75 Å². The summed E-state index contributed by atoms with van der Waals surface area (Å²) in [5, 5.41) is 11.2. The molecule has 1 aliphatic heterocycles. The summed E-state index contributed by atoms with van der Waals surface area (Å²) in [4.78, 5) is 31.6. The van der Waals surface area contributed by atoms with Crippen LogP contribution in [-0.2, 0) is 16.1 Å². The van der Waals surface area contributed by atoms with E-state index in [2.05, 4.69) is 11.9 Å². The lowest BCUT2D eigenvalue weighted by molar-refractivity contribution is -0.140. The quantitative estimate of drug-likeness (QED) is 0.194. The largest absolute Gasteiger partial charge is 0.507 e. The Morgan fingerprint density at radius 1 is 1.03 bits per heavy atom. The highest BCUT2D eigenvalue weighted by Crippen LogP contribution is 2.41. The molecule has 1 N–H and O–H groups in total. The number of likely N-dealkylation sites (tertiary alicyclic amines) is 1. The van der Waals surface area contributed by atoms with E-state index in [1.165, 1.54) is 23.1 Å². The molecule has 1 aliphatic rings. The SMILES string of the molecule is CCCCCOc1ccc(/C(O)=C2/C(=O)C(=O)N(Cc3ccccn3)C2c2ccccc2F)cc1. The summed E-state index contributed by atoms with van der Waals surface area (Å²) in [5.74, 6) is -1.99. The second-order valence-corrected chi connectivity index (χ2v) is 8.35. The fraction of sp³-hybridized carbons (Fsp3) is 0.250. The Balaban J connectivity index is 1.71. The van der Waals surface area contributed by atoms with E-state index in [0.717, 1.165) is 19.3 Å². The third-order valence-electron chi connectivity index (χ3n) is 5.94. The first-order chi connectivity index (χ1) is 17.0. The number of hydrogen-bond acceptors (Lipinski definition) is 5. The summed E-state index contributed by atoms with van der Waals surface area (Å²) in [7, 11) is 0. The van der Waals surface area contributed by atoms with Crippen LogP contribution in [0.4, 0.5) is 4.39 Å². The third kappa shape index (κ3) is 5.24. The van der Waals surface area contributed by atoms with E-state index in [-0.39, 0.29) is 23.4 Å². The Morgan fingerprint density at radius 2 is 1.77 bits per heavy atom. The normalized spacial score (nSPS) is 17.1. The molecule has 6 nitrogen and oxygen atoms in total. The number of aliphatic hydroxyl groups excluding tert-OH is 1.